The quantitative estimate of drug-likeness (QED) is 0.715. The summed E-state index contributed by atoms with van der Waals surface area (Å²) in [5.74, 6) is -0.110. The molecule has 1 saturated heterocycles. The summed E-state index contributed by atoms with van der Waals surface area (Å²) in [6, 6.07) is 0. The van der Waals surface area contributed by atoms with Crippen LogP contribution in [0.5, 0.6) is 0 Å². The van der Waals surface area contributed by atoms with Gasteiger partial charge in [0.2, 0.25) is 5.91 Å². The molecule has 1 aliphatic rings. The monoisotopic (exact) mass is 230 g/mol. The number of nitrogens with one attached hydrogen (secondary N) is 1. The van der Waals surface area contributed by atoms with Crippen molar-refractivity contribution >= 4 is 5.91 Å². The van der Waals surface area contributed by atoms with Gasteiger partial charge in [0.25, 0.3) is 0 Å². The van der Waals surface area contributed by atoms with E-state index in [1.807, 2.05) is 13.8 Å². The molecule has 1 heterocycles. The number of carbonyl (C=O) groups excluding carboxylic acids is 1. The van der Waals surface area contributed by atoms with Crippen LogP contribution in [0.15, 0.2) is 0 Å². The van der Waals surface area contributed by atoms with Crippen molar-refractivity contribution in [2.75, 3.05) is 26.9 Å². The van der Waals surface area contributed by atoms with Gasteiger partial charge in [0.1, 0.15) is 0 Å². The van der Waals surface area contributed by atoms with Crippen molar-refractivity contribution < 1.29 is 14.3 Å². The van der Waals surface area contributed by atoms with Crippen molar-refractivity contribution in [1.29, 1.82) is 0 Å². The summed E-state index contributed by atoms with van der Waals surface area (Å²) < 4.78 is 10.4. The van der Waals surface area contributed by atoms with Crippen LogP contribution in [0.2, 0.25) is 0 Å². The van der Waals surface area contributed by atoms with Gasteiger partial charge in [0, 0.05) is 26.9 Å². The number of nitrogens with two attached hydrogens (primary N) is 1. The molecule has 0 aliphatic carbocycles. The molecule has 0 aromatic carbocycles. The van der Waals surface area contributed by atoms with E-state index in [0.29, 0.717) is 32.6 Å². The Balaban J connectivity index is 2.45. The van der Waals surface area contributed by atoms with Crippen LogP contribution < -0.4 is 11.1 Å². The Bertz CT molecular complexity index is 248. The van der Waals surface area contributed by atoms with Crippen LogP contribution in [0.25, 0.3) is 0 Å². The Morgan fingerprint density at radius 2 is 2.06 bits per heavy atom. The standard InChI is InChI=1S/C11H22N2O3/c1-10(2,15-3)8-13-9(14)11(12)4-6-16-7-5-11/h4-8,12H2,1-3H3,(H,13,14). The molecule has 1 rings (SSSR count). The third-order valence-corrected chi connectivity index (χ3v) is 3.06. The van der Waals surface area contributed by atoms with Gasteiger partial charge < -0.3 is 20.5 Å². The zero-order chi connectivity index (χ0) is 12.2. The van der Waals surface area contributed by atoms with E-state index in [0.717, 1.165) is 0 Å². The Kier molecular flexibility index (Phi) is 4.29. The molecule has 0 bridgehead atoms. The molecule has 0 spiro atoms. The number of hydrogen-bond acceptors (Lipinski definition) is 4. The topological polar surface area (TPSA) is 73.6 Å². The van der Waals surface area contributed by atoms with Crippen molar-refractivity contribution in [2.45, 2.75) is 37.8 Å². The zero-order valence-corrected chi connectivity index (χ0v) is 10.3. The van der Waals surface area contributed by atoms with Crippen LogP contribution in [0.1, 0.15) is 26.7 Å². The molecule has 0 atom stereocenters. The van der Waals surface area contributed by atoms with E-state index in [4.69, 9.17) is 15.2 Å². The first kappa shape index (κ1) is 13.4. The molecule has 0 unspecified atom stereocenters. The maximum Gasteiger partial charge on any atom is 0.240 e. The lowest BCUT2D eigenvalue weighted by molar-refractivity contribution is -0.131. The van der Waals surface area contributed by atoms with Crippen LogP contribution in [0.4, 0.5) is 0 Å². The van der Waals surface area contributed by atoms with E-state index in [-0.39, 0.29) is 11.5 Å². The fourth-order valence-corrected chi connectivity index (χ4v) is 1.50. The minimum absolute atomic E-state index is 0.110. The van der Waals surface area contributed by atoms with Gasteiger partial charge in [-0.2, -0.15) is 0 Å². The SMILES string of the molecule is COC(C)(C)CNC(=O)C1(N)CCOCC1. The third kappa shape index (κ3) is 3.43. The van der Waals surface area contributed by atoms with Crippen LogP contribution in [0.3, 0.4) is 0 Å². The van der Waals surface area contributed by atoms with E-state index in [9.17, 15) is 4.79 Å². The second-order valence-corrected chi connectivity index (χ2v) is 4.92. The van der Waals surface area contributed by atoms with E-state index < -0.39 is 5.54 Å². The summed E-state index contributed by atoms with van der Waals surface area (Å²) in [5, 5.41) is 2.84. The van der Waals surface area contributed by atoms with E-state index in [1.165, 1.54) is 0 Å². The molecule has 1 aliphatic heterocycles. The minimum atomic E-state index is -0.776. The van der Waals surface area contributed by atoms with Crippen LogP contribution in [-0.2, 0) is 14.3 Å². The Labute approximate surface area is 96.7 Å². The predicted octanol–water partition coefficient (Wildman–Crippen LogP) is 0.0355. The molecule has 1 amide bonds. The lowest BCUT2D eigenvalue weighted by Crippen LogP contribution is -2.58. The number of amides is 1. The van der Waals surface area contributed by atoms with Crippen molar-refractivity contribution in [1.82, 2.24) is 5.32 Å². The van der Waals surface area contributed by atoms with Crippen LogP contribution in [0, 0.1) is 0 Å². The molecule has 94 valence electrons. The first-order valence-corrected chi connectivity index (χ1v) is 5.60. The van der Waals surface area contributed by atoms with Gasteiger partial charge in [-0.25, -0.2) is 0 Å². The largest absolute Gasteiger partial charge is 0.381 e. The molecule has 0 aromatic heterocycles. The average Bonchev–Trinajstić information content (AvgIpc) is 2.27. The molecule has 0 radical (unpaired) electrons. The molecule has 3 N–H and O–H groups in total. The van der Waals surface area contributed by atoms with Crippen LogP contribution >= 0.6 is 0 Å². The number of rotatable bonds is 4. The molecule has 1 fully saturated rings. The average molecular weight is 230 g/mol. The highest BCUT2D eigenvalue weighted by Crippen LogP contribution is 2.18. The first-order valence-electron chi connectivity index (χ1n) is 5.60. The molecular weight excluding hydrogens is 208 g/mol. The highest BCUT2D eigenvalue weighted by atomic mass is 16.5. The second-order valence-electron chi connectivity index (χ2n) is 4.92. The maximum atomic E-state index is 11.9. The first-order chi connectivity index (χ1) is 7.40. The number of carbonyl (C=O) groups is 1. The fraction of sp³-hybridized carbons (Fsp3) is 0.909. The molecular formula is C11H22N2O3. The number of methoxy groups -OCH3 is 1. The lowest BCUT2D eigenvalue weighted by Gasteiger charge is -2.33. The van der Waals surface area contributed by atoms with Gasteiger partial charge in [-0.3, -0.25) is 4.79 Å². The van der Waals surface area contributed by atoms with Gasteiger partial charge in [0.05, 0.1) is 11.1 Å². The van der Waals surface area contributed by atoms with Crippen LogP contribution in [-0.4, -0.2) is 43.9 Å². The smallest absolute Gasteiger partial charge is 0.240 e. The lowest BCUT2D eigenvalue weighted by atomic mass is 9.90. The van der Waals surface area contributed by atoms with Crippen molar-refractivity contribution in [2.24, 2.45) is 5.73 Å². The maximum absolute atomic E-state index is 11.9. The van der Waals surface area contributed by atoms with Crippen molar-refractivity contribution in [3.05, 3.63) is 0 Å². The molecule has 0 saturated carbocycles. The summed E-state index contributed by atoms with van der Waals surface area (Å²) in [6.07, 6.45) is 1.15. The summed E-state index contributed by atoms with van der Waals surface area (Å²) in [7, 11) is 1.62. The fourth-order valence-electron chi connectivity index (χ4n) is 1.50. The summed E-state index contributed by atoms with van der Waals surface area (Å²) in [6.45, 7) is 5.40. The van der Waals surface area contributed by atoms with Gasteiger partial charge in [-0.15, -0.1) is 0 Å². The Morgan fingerprint density at radius 1 is 1.50 bits per heavy atom. The van der Waals surface area contributed by atoms with Crippen molar-refractivity contribution in [3.63, 3.8) is 0 Å². The second kappa shape index (κ2) is 5.12. The highest BCUT2D eigenvalue weighted by molar-refractivity contribution is 5.86. The number of hydrogen-bond donors (Lipinski definition) is 2. The zero-order valence-electron chi connectivity index (χ0n) is 10.3. The number of ether oxygens (including phenoxy) is 2. The Morgan fingerprint density at radius 3 is 2.56 bits per heavy atom. The van der Waals surface area contributed by atoms with Gasteiger partial charge in [0.15, 0.2) is 0 Å². The van der Waals surface area contributed by atoms with Gasteiger partial charge in [-0.05, 0) is 26.7 Å². The summed E-state index contributed by atoms with van der Waals surface area (Å²) >= 11 is 0. The Hall–Kier alpha value is -0.650. The summed E-state index contributed by atoms with van der Waals surface area (Å²) in [4.78, 5) is 11.9. The highest BCUT2D eigenvalue weighted by Gasteiger charge is 2.36. The molecule has 5 nitrogen and oxygen atoms in total. The van der Waals surface area contributed by atoms with E-state index in [2.05, 4.69) is 5.32 Å². The van der Waals surface area contributed by atoms with Crippen molar-refractivity contribution in [3.8, 4) is 0 Å². The molecule has 0 aromatic rings. The van der Waals surface area contributed by atoms with Gasteiger partial charge >= 0.3 is 0 Å². The van der Waals surface area contributed by atoms with E-state index >= 15 is 0 Å². The predicted molar refractivity (Wildman–Crippen MR) is 61.1 cm³/mol. The van der Waals surface area contributed by atoms with E-state index in [1.54, 1.807) is 7.11 Å². The van der Waals surface area contributed by atoms with Gasteiger partial charge in [-0.1, -0.05) is 0 Å². The summed E-state index contributed by atoms with van der Waals surface area (Å²) in [5.41, 5.74) is 4.90. The molecule has 5 heteroatoms. The normalized spacial score (nSPS) is 20.5. The third-order valence-electron chi connectivity index (χ3n) is 3.06. The minimum Gasteiger partial charge on any atom is -0.381 e. The molecule has 16 heavy (non-hydrogen) atoms.